The minimum Gasteiger partial charge on any atom is -0.373 e. The van der Waals surface area contributed by atoms with Crippen LogP contribution in [0.5, 0.6) is 0 Å². The van der Waals surface area contributed by atoms with Gasteiger partial charge in [0.05, 0.1) is 16.2 Å². The van der Waals surface area contributed by atoms with Crippen molar-refractivity contribution in [1.29, 1.82) is 5.41 Å². The summed E-state index contributed by atoms with van der Waals surface area (Å²) in [7, 11) is 2.01. The van der Waals surface area contributed by atoms with E-state index in [0.717, 1.165) is 18.3 Å². The van der Waals surface area contributed by atoms with Crippen molar-refractivity contribution < 1.29 is 9.60 Å². The largest absolute Gasteiger partial charge is 0.373 e. The number of fused-ring (bicyclic) bond motifs is 1. The number of imidazole rings is 1. The number of likely N-dealkylation sites (N-methyl/N-ethyl adjacent to an activating group) is 1. The smallest absolute Gasteiger partial charge is 0.202 e. The molecule has 0 aliphatic carbocycles. The summed E-state index contributed by atoms with van der Waals surface area (Å²) in [4.78, 5) is 13.9. The Morgan fingerprint density at radius 3 is 2.72 bits per heavy atom. The van der Waals surface area contributed by atoms with Crippen LogP contribution in [-0.4, -0.2) is 46.1 Å². The van der Waals surface area contributed by atoms with Crippen LogP contribution in [0.4, 0.5) is 21.7 Å². The summed E-state index contributed by atoms with van der Waals surface area (Å²) in [6, 6.07) is 15.3. The van der Waals surface area contributed by atoms with E-state index in [-0.39, 0.29) is 16.5 Å². The minimum atomic E-state index is -0.608. The molecule has 0 saturated heterocycles. The Morgan fingerprint density at radius 1 is 1.19 bits per heavy atom. The molecular weight excluding hydrogens is 433 g/mol. The first kappa shape index (κ1) is 21.5. The summed E-state index contributed by atoms with van der Waals surface area (Å²) >= 11 is 5.80. The molecule has 0 unspecified atom stereocenters. The lowest BCUT2D eigenvalue weighted by Crippen LogP contribution is -2.27. The zero-order chi connectivity index (χ0) is 22.7. The van der Waals surface area contributed by atoms with Crippen molar-refractivity contribution in [2.24, 2.45) is 0 Å². The third-order valence-electron chi connectivity index (χ3n) is 4.94. The second-order valence-corrected chi connectivity index (χ2v) is 7.49. The van der Waals surface area contributed by atoms with Crippen LogP contribution in [0.25, 0.3) is 11.2 Å². The molecule has 0 aliphatic heterocycles. The molecule has 0 spiro atoms. The number of amidine groups is 1. The van der Waals surface area contributed by atoms with Gasteiger partial charge in [-0.1, -0.05) is 29.8 Å². The molecule has 2 heterocycles. The van der Waals surface area contributed by atoms with Gasteiger partial charge in [0.1, 0.15) is 5.82 Å². The number of rotatable bonds is 7. The number of pyridine rings is 1. The van der Waals surface area contributed by atoms with Gasteiger partial charge in [0.2, 0.25) is 5.95 Å². The van der Waals surface area contributed by atoms with Gasteiger partial charge < -0.3 is 15.2 Å². The van der Waals surface area contributed by atoms with Crippen molar-refractivity contribution in [2.45, 2.75) is 0 Å². The Bertz CT molecular complexity index is 1250. The molecule has 4 rings (SSSR count). The molecule has 10 heteroatoms. The molecule has 0 atom stereocenters. The maximum absolute atomic E-state index is 13.4. The van der Waals surface area contributed by atoms with Crippen LogP contribution in [0.1, 0.15) is 5.56 Å². The normalized spacial score (nSPS) is 10.9. The first-order valence-electron chi connectivity index (χ1n) is 9.82. The maximum Gasteiger partial charge on any atom is 0.202 e. The van der Waals surface area contributed by atoms with E-state index in [4.69, 9.17) is 17.0 Å². The van der Waals surface area contributed by atoms with Gasteiger partial charge in [-0.15, -0.1) is 0 Å². The number of hydrogen-bond acceptors (Lipinski definition) is 6. The number of H-pyrrole nitrogens is 1. The molecule has 4 N–H and O–H groups in total. The van der Waals surface area contributed by atoms with E-state index in [1.165, 1.54) is 18.3 Å². The fraction of sp³-hybridized carbons (Fsp3) is 0.136. The number of nitrogens with one attached hydrogen (secondary N) is 3. The van der Waals surface area contributed by atoms with E-state index in [1.54, 1.807) is 6.07 Å². The third kappa shape index (κ3) is 4.48. The highest BCUT2D eigenvalue weighted by atomic mass is 35.5. The number of aromatic nitrogens is 3. The van der Waals surface area contributed by atoms with Crippen LogP contribution in [0.15, 0.2) is 60.8 Å². The SMILES string of the molecule is CN(CCNc1nc2nccc(C(=N)N(O)c3ccc(F)c(Cl)c3)c2[nH]1)c1ccccc1. The summed E-state index contributed by atoms with van der Waals surface area (Å²) in [6.45, 7) is 1.37. The number of nitrogens with zero attached hydrogens (tertiary/aromatic N) is 4. The number of halogens is 2. The van der Waals surface area contributed by atoms with E-state index in [9.17, 15) is 9.60 Å². The van der Waals surface area contributed by atoms with Crippen LogP contribution in [0, 0.1) is 11.2 Å². The van der Waals surface area contributed by atoms with Crippen LogP contribution in [0.3, 0.4) is 0 Å². The van der Waals surface area contributed by atoms with Gasteiger partial charge >= 0.3 is 0 Å². The lowest BCUT2D eigenvalue weighted by atomic mass is 10.2. The first-order valence-corrected chi connectivity index (χ1v) is 10.2. The fourth-order valence-corrected chi connectivity index (χ4v) is 3.38. The average molecular weight is 454 g/mol. The Labute approximate surface area is 188 Å². The zero-order valence-electron chi connectivity index (χ0n) is 17.2. The standard InChI is InChI=1S/C22H21ClFN7O/c1-30(14-5-3-2-4-6-14)12-11-27-22-28-19-16(9-10-26-21(19)29-22)20(25)31(32)15-7-8-18(24)17(23)13-15/h2-10,13,25,32H,11-12H2,1H3,(H2,26,27,28,29). The van der Waals surface area contributed by atoms with Crippen molar-refractivity contribution in [3.8, 4) is 0 Å². The lowest BCUT2D eigenvalue weighted by molar-refractivity contribution is 0.312. The Balaban J connectivity index is 1.49. The lowest BCUT2D eigenvalue weighted by Gasteiger charge is -2.19. The van der Waals surface area contributed by atoms with E-state index < -0.39 is 5.82 Å². The molecule has 8 nitrogen and oxygen atoms in total. The molecule has 0 bridgehead atoms. The fourth-order valence-electron chi connectivity index (χ4n) is 3.21. The van der Waals surface area contributed by atoms with Crippen molar-refractivity contribution in [3.05, 3.63) is 77.2 Å². The quantitative estimate of drug-likeness (QED) is 0.186. The van der Waals surface area contributed by atoms with Crippen LogP contribution in [0.2, 0.25) is 5.02 Å². The van der Waals surface area contributed by atoms with Gasteiger partial charge in [0.25, 0.3) is 0 Å². The minimum absolute atomic E-state index is 0.150. The third-order valence-corrected chi connectivity index (χ3v) is 5.23. The number of para-hydroxylation sites is 1. The van der Waals surface area contributed by atoms with Crippen LogP contribution >= 0.6 is 11.6 Å². The predicted octanol–water partition coefficient (Wildman–Crippen LogP) is 4.52. The summed E-state index contributed by atoms with van der Waals surface area (Å²) < 4.78 is 13.4. The van der Waals surface area contributed by atoms with E-state index >= 15 is 0 Å². The van der Waals surface area contributed by atoms with Crippen molar-refractivity contribution in [1.82, 2.24) is 15.0 Å². The summed E-state index contributed by atoms with van der Waals surface area (Å²) in [6.07, 6.45) is 1.51. The maximum atomic E-state index is 13.4. The van der Waals surface area contributed by atoms with Gasteiger partial charge in [-0.3, -0.25) is 10.6 Å². The topological polar surface area (TPSA) is 104 Å². The Morgan fingerprint density at radius 2 is 1.97 bits per heavy atom. The molecule has 0 amide bonds. The van der Waals surface area contributed by atoms with Gasteiger partial charge in [0, 0.05) is 37.6 Å². The molecule has 0 fully saturated rings. The van der Waals surface area contributed by atoms with E-state index in [0.29, 0.717) is 34.3 Å². The molecule has 32 heavy (non-hydrogen) atoms. The van der Waals surface area contributed by atoms with E-state index in [1.807, 2.05) is 37.4 Å². The molecule has 164 valence electrons. The van der Waals surface area contributed by atoms with Crippen LogP contribution < -0.4 is 15.3 Å². The molecule has 0 radical (unpaired) electrons. The average Bonchev–Trinajstić information content (AvgIpc) is 3.23. The first-order chi connectivity index (χ1) is 15.4. The molecule has 4 aromatic rings. The predicted molar refractivity (Wildman–Crippen MR) is 125 cm³/mol. The summed E-state index contributed by atoms with van der Waals surface area (Å²) in [5, 5.41) is 22.6. The number of anilines is 3. The van der Waals surface area contributed by atoms with Gasteiger partial charge in [0.15, 0.2) is 11.5 Å². The highest BCUT2D eigenvalue weighted by molar-refractivity contribution is 6.31. The number of benzene rings is 2. The second-order valence-electron chi connectivity index (χ2n) is 7.09. The second kappa shape index (κ2) is 9.21. The number of aromatic amines is 1. The summed E-state index contributed by atoms with van der Waals surface area (Å²) in [5.41, 5.74) is 2.54. The summed E-state index contributed by atoms with van der Waals surface area (Å²) in [5.74, 6) is -0.341. The van der Waals surface area contributed by atoms with Crippen molar-refractivity contribution >= 4 is 45.9 Å². The van der Waals surface area contributed by atoms with Crippen molar-refractivity contribution in [2.75, 3.05) is 35.4 Å². The monoisotopic (exact) mass is 453 g/mol. The Hall–Kier alpha value is -3.69. The molecule has 2 aromatic carbocycles. The highest BCUT2D eigenvalue weighted by Gasteiger charge is 2.18. The molecule has 0 saturated carbocycles. The number of hydroxylamine groups is 1. The Kier molecular flexibility index (Phi) is 6.20. The van der Waals surface area contributed by atoms with Gasteiger partial charge in [-0.05, 0) is 36.4 Å². The van der Waals surface area contributed by atoms with Gasteiger partial charge in [-0.25, -0.2) is 14.4 Å². The molecular formula is C22H21ClFN7O. The molecule has 0 aliphatic rings. The van der Waals surface area contributed by atoms with Crippen LogP contribution in [-0.2, 0) is 0 Å². The molecule has 2 aromatic heterocycles. The highest BCUT2D eigenvalue weighted by Crippen LogP contribution is 2.25. The number of hydrogen-bond donors (Lipinski definition) is 4. The van der Waals surface area contributed by atoms with Gasteiger partial charge in [-0.2, -0.15) is 4.98 Å². The van der Waals surface area contributed by atoms with E-state index in [2.05, 4.69) is 25.2 Å². The zero-order valence-corrected chi connectivity index (χ0v) is 17.9. The van der Waals surface area contributed by atoms with Crippen molar-refractivity contribution in [3.63, 3.8) is 0 Å².